The lowest BCUT2D eigenvalue weighted by molar-refractivity contribution is 0.0951. The van der Waals surface area contributed by atoms with E-state index in [0.717, 1.165) is 28.7 Å². The number of aryl methyl sites for hydroxylation is 1. The van der Waals surface area contributed by atoms with Crippen molar-refractivity contribution in [3.63, 3.8) is 0 Å². The summed E-state index contributed by atoms with van der Waals surface area (Å²) in [6.45, 7) is 3.91. The molecule has 0 fully saturated rings. The van der Waals surface area contributed by atoms with Crippen molar-refractivity contribution in [1.82, 2.24) is 15.0 Å². The Morgan fingerprint density at radius 3 is 2.67 bits per heavy atom. The van der Waals surface area contributed by atoms with Gasteiger partial charge in [-0.05, 0) is 50.2 Å². The third-order valence-electron chi connectivity index (χ3n) is 4.10. The fourth-order valence-electron chi connectivity index (χ4n) is 2.80. The van der Waals surface area contributed by atoms with Crippen LogP contribution in [0.1, 0.15) is 32.9 Å². The first kappa shape index (κ1) is 18.0. The number of benzene rings is 1. The molecule has 3 rings (SSSR count). The van der Waals surface area contributed by atoms with Crippen molar-refractivity contribution in [2.24, 2.45) is 5.10 Å². The van der Waals surface area contributed by atoms with Crippen LogP contribution in [0.3, 0.4) is 0 Å². The summed E-state index contributed by atoms with van der Waals surface area (Å²) in [5.74, 6) is -1.45. The van der Waals surface area contributed by atoms with E-state index in [1.165, 1.54) is 18.3 Å². The van der Waals surface area contributed by atoms with Gasteiger partial charge in [-0.25, -0.2) is 9.82 Å². The van der Waals surface area contributed by atoms with Gasteiger partial charge in [-0.15, -0.1) is 0 Å². The van der Waals surface area contributed by atoms with Crippen LogP contribution in [0.15, 0.2) is 53.9 Å². The van der Waals surface area contributed by atoms with Gasteiger partial charge in [-0.1, -0.05) is 0 Å². The third-order valence-corrected chi connectivity index (χ3v) is 4.10. The summed E-state index contributed by atoms with van der Waals surface area (Å²) in [6, 6.07) is 11.2. The molecular weight excluding hydrogens is 345 g/mol. The predicted octanol–water partition coefficient (Wildman–Crippen LogP) is 3.26. The van der Waals surface area contributed by atoms with Gasteiger partial charge in [-0.3, -0.25) is 9.78 Å². The van der Waals surface area contributed by atoms with Gasteiger partial charge in [0.25, 0.3) is 5.91 Å². The topological polar surface area (TPSA) is 83.1 Å². The van der Waals surface area contributed by atoms with Gasteiger partial charge in [0, 0.05) is 35.0 Å². The predicted molar refractivity (Wildman–Crippen MR) is 99.2 cm³/mol. The highest BCUT2D eigenvalue weighted by Crippen LogP contribution is 2.19. The van der Waals surface area contributed by atoms with E-state index in [0.29, 0.717) is 0 Å². The average Bonchev–Trinajstić information content (AvgIpc) is 2.95. The number of nitriles is 1. The molecule has 1 aromatic carbocycles. The molecule has 0 radical (unpaired) electrons. The maximum Gasteiger partial charge on any atom is 0.274 e. The van der Waals surface area contributed by atoms with Crippen molar-refractivity contribution < 1.29 is 9.18 Å². The molecule has 0 saturated carbocycles. The Hall–Kier alpha value is -3.79. The number of hydrogen-bond donors (Lipinski definition) is 1. The molecule has 7 heteroatoms. The highest BCUT2D eigenvalue weighted by Gasteiger charge is 2.12. The smallest absolute Gasteiger partial charge is 0.274 e. The van der Waals surface area contributed by atoms with Crippen LogP contribution >= 0.6 is 0 Å². The Bertz CT molecular complexity index is 1060. The molecule has 0 aliphatic rings. The molecule has 0 aliphatic heterocycles. The zero-order valence-corrected chi connectivity index (χ0v) is 14.8. The van der Waals surface area contributed by atoms with Crippen molar-refractivity contribution in [1.29, 1.82) is 5.26 Å². The van der Waals surface area contributed by atoms with Gasteiger partial charge in [0.05, 0.1) is 23.4 Å². The minimum atomic E-state index is -0.766. The van der Waals surface area contributed by atoms with Gasteiger partial charge in [-0.2, -0.15) is 10.4 Å². The fourth-order valence-corrected chi connectivity index (χ4v) is 2.80. The number of rotatable bonds is 4. The van der Waals surface area contributed by atoms with Gasteiger partial charge in [0.15, 0.2) is 0 Å². The fraction of sp³-hybridized carbons (Fsp3) is 0.100. The molecule has 3 aromatic rings. The van der Waals surface area contributed by atoms with Crippen molar-refractivity contribution in [3.05, 3.63) is 82.7 Å². The first-order chi connectivity index (χ1) is 13.0. The maximum atomic E-state index is 13.9. The number of halogens is 1. The molecule has 0 spiro atoms. The van der Waals surface area contributed by atoms with Crippen LogP contribution in [-0.2, 0) is 0 Å². The van der Waals surface area contributed by atoms with Crippen LogP contribution in [0.25, 0.3) is 5.69 Å². The molecule has 2 aromatic heterocycles. The van der Waals surface area contributed by atoms with E-state index in [1.54, 1.807) is 12.4 Å². The van der Waals surface area contributed by atoms with Gasteiger partial charge in [0.2, 0.25) is 0 Å². The summed E-state index contributed by atoms with van der Waals surface area (Å²) in [6.07, 6.45) is 4.95. The second kappa shape index (κ2) is 7.62. The number of aromatic nitrogens is 2. The quantitative estimate of drug-likeness (QED) is 0.572. The summed E-state index contributed by atoms with van der Waals surface area (Å²) < 4.78 is 15.9. The van der Waals surface area contributed by atoms with E-state index >= 15 is 0 Å². The minimum absolute atomic E-state index is 0.149. The second-order valence-electron chi connectivity index (χ2n) is 5.87. The maximum absolute atomic E-state index is 13.9. The Balaban J connectivity index is 1.78. The number of nitrogens with one attached hydrogen (secondary N) is 1. The van der Waals surface area contributed by atoms with E-state index in [9.17, 15) is 9.18 Å². The number of pyridine rings is 1. The van der Waals surface area contributed by atoms with E-state index in [2.05, 4.69) is 15.5 Å². The third kappa shape index (κ3) is 3.75. The lowest BCUT2D eigenvalue weighted by Crippen LogP contribution is -2.19. The van der Waals surface area contributed by atoms with E-state index < -0.39 is 11.7 Å². The van der Waals surface area contributed by atoms with Crippen LogP contribution in [0.5, 0.6) is 0 Å². The van der Waals surface area contributed by atoms with Crippen LogP contribution < -0.4 is 5.43 Å². The number of hydrogen-bond acceptors (Lipinski definition) is 4. The molecule has 1 N–H and O–H groups in total. The van der Waals surface area contributed by atoms with E-state index in [-0.39, 0.29) is 11.1 Å². The zero-order chi connectivity index (χ0) is 19.4. The van der Waals surface area contributed by atoms with Gasteiger partial charge >= 0.3 is 0 Å². The average molecular weight is 361 g/mol. The van der Waals surface area contributed by atoms with Gasteiger partial charge in [0.1, 0.15) is 5.82 Å². The minimum Gasteiger partial charge on any atom is -0.318 e. The Labute approximate surface area is 155 Å². The summed E-state index contributed by atoms with van der Waals surface area (Å²) >= 11 is 0. The summed E-state index contributed by atoms with van der Waals surface area (Å²) in [5, 5.41) is 12.7. The second-order valence-corrected chi connectivity index (χ2v) is 5.87. The standard InChI is InChI=1S/C20H16FN5O/c1-13-9-16(14(2)26(13)17-5-7-23-8-6-17)12-24-25-20(27)18-4-3-15(11-22)10-19(18)21/h3-10,12H,1-2H3,(H,25,27)/b24-12-. The summed E-state index contributed by atoms with van der Waals surface area (Å²) in [7, 11) is 0. The van der Waals surface area contributed by atoms with Crippen LogP contribution in [0.2, 0.25) is 0 Å². The van der Waals surface area contributed by atoms with E-state index in [4.69, 9.17) is 5.26 Å². The van der Waals surface area contributed by atoms with Gasteiger partial charge < -0.3 is 4.57 Å². The monoisotopic (exact) mass is 361 g/mol. The number of hydrazone groups is 1. The molecule has 6 nitrogen and oxygen atoms in total. The first-order valence-corrected chi connectivity index (χ1v) is 8.13. The molecule has 134 valence electrons. The van der Waals surface area contributed by atoms with Crippen molar-refractivity contribution in [2.75, 3.05) is 0 Å². The normalized spacial score (nSPS) is 10.7. The molecule has 2 heterocycles. The molecule has 27 heavy (non-hydrogen) atoms. The van der Waals surface area contributed by atoms with Crippen molar-refractivity contribution in [3.8, 4) is 11.8 Å². The molecule has 1 amide bonds. The molecule has 0 atom stereocenters. The Kier molecular flexibility index (Phi) is 5.08. The molecular formula is C20H16FN5O. The number of carbonyl (C=O) groups excluding carboxylic acids is 1. The lowest BCUT2D eigenvalue weighted by Gasteiger charge is -2.08. The van der Waals surface area contributed by atoms with Crippen LogP contribution in [-0.4, -0.2) is 21.7 Å². The number of amides is 1. The first-order valence-electron chi connectivity index (χ1n) is 8.13. The highest BCUT2D eigenvalue weighted by molar-refractivity contribution is 5.95. The SMILES string of the molecule is Cc1cc(/C=N\NC(=O)c2ccc(C#N)cc2F)c(C)n1-c1ccncc1. The number of carbonyl (C=O) groups is 1. The largest absolute Gasteiger partial charge is 0.318 e. The molecule has 0 bridgehead atoms. The summed E-state index contributed by atoms with van der Waals surface area (Å²) in [4.78, 5) is 16.1. The molecule has 0 unspecified atom stereocenters. The Morgan fingerprint density at radius 2 is 2.00 bits per heavy atom. The van der Waals surface area contributed by atoms with Crippen LogP contribution in [0.4, 0.5) is 4.39 Å². The molecule has 0 saturated heterocycles. The van der Waals surface area contributed by atoms with Crippen molar-refractivity contribution in [2.45, 2.75) is 13.8 Å². The number of nitrogens with zero attached hydrogens (tertiary/aromatic N) is 4. The summed E-state index contributed by atoms with van der Waals surface area (Å²) in [5.41, 5.74) is 6.04. The van der Waals surface area contributed by atoms with Crippen molar-refractivity contribution >= 4 is 12.1 Å². The molecule has 0 aliphatic carbocycles. The zero-order valence-electron chi connectivity index (χ0n) is 14.8. The lowest BCUT2D eigenvalue weighted by atomic mass is 10.1. The van der Waals surface area contributed by atoms with E-state index in [1.807, 2.05) is 42.7 Å². The Morgan fingerprint density at radius 1 is 1.26 bits per heavy atom. The van der Waals surface area contributed by atoms with Crippen LogP contribution in [0, 0.1) is 31.0 Å². The highest BCUT2D eigenvalue weighted by atomic mass is 19.1.